The van der Waals surface area contributed by atoms with Crippen molar-refractivity contribution in [3.8, 4) is 5.69 Å². The standard InChI is InChI=1S/C17H19N5O3/c18-13-5-6-22(17(25)20-13)10-3-1-9(2-4-10)15(16(23)24)21-7-11-12(8-21)14(11)19/h1-6,11-12,14-15H,7-8,19H2,(H,23,24)(H2,18,20,25). The van der Waals surface area contributed by atoms with Crippen LogP contribution in [0.4, 0.5) is 5.82 Å². The molecule has 3 unspecified atom stereocenters. The Morgan fingerprint density at radius 1 is 1.20 bits per heavy atom. The van der Waals surface area contributed by atoms with Crippen LogP contribution in [0, 0.1) is 11.8 Å². The van der Waals surface area contributed by atoms with Gasteiger partial charge in [0.25, 0.3) is 0 Å². The first-order chi connectivity index (χ1) is 12.0. The zero-order valence-corrected chi connectivity index (χ0v) is 13.4. The number of fused-ring (bicyclic) bond motifs is 1. The Kier molecular flexibility index (Phi) is 3.59. The number of carbonyl (C=O) groups is 1. The second kappa shape index (κ2) is 5.68. The number of carboxylic acids is 1. The van der Waals surface area contributed by atoms with Crippen LogP contribution in [0.15, 0.2) is 41.3 Å². The maximum Gasteiger partial charge on any atom is 0.354 e. The summed E-state index contributed by atoms with van der Waals surface area (Å²) in [7, 11) is 0. The Hall–Kier alpha value is -2.71. The van der Waals surface area contributed by atoms with E-state index >= 15 is 0 Å². The molecule has 1 aromatic carbocycles. The van der Waals surface area contributed by atoms with Crippen LogP contribution in [0.5, 0.6) is 0 Å². The van der Waals surface area contributed by atoms with Crippen LogP contribution in [0.2, 0.25) is 0 Å². The van der Waals surface area contributed by atoms with Gasteiger partial charge < -0.3 is 16.6 Å². The van der Waals surface area contributed by atoms with E-state index in [1.807, 2.05) is 4.90 Å². The number of carboxylic acid groups (broad SMARTS) is 1. The molecular weight excluding hydrogens is 322 g/mol. The summed E-state index contributed by atoms with van der Waals surface area (Å²) in [4.78, 5) is 29.3. The van der Waals surface area contributed by atoms with Crippen LogP contribution in [0.3, 0.4) is 0 Å². The Balaban J connectivity index is 1.59. The average Bonchev–Trinajstić information content (AvgIpc) is 2.97. The first kappa shape index (κ1) is 15.8. The molecule has 1 saturated carbocycles. The third kappa shape index (κ3) is 2.69. The molecule has 130 valence electrons. The number of rotatable bonds is 4. The topological polar surface area (TPSA) is 127 Å². The van der Waals surface area contributed by atoms with Crippen LogP contribution in [-0.4, -0.2) is 44.7 Å². The minimum absolute atomic E-state index is 0.162. The number of nitrogens with zero attached hydrogens (tertiary/aromatic N) is 3. The van der Waals surface area contributed by atoms with E-state index in [-0.39, 0.29) is 11.9 Å². The van der Waals surface area contributed by atoms with Gasteiger partial charge in [-0.3, -0.25) is 14.3 Å². The van der Waals surface area contributed by atoms with E-state index in [0.717, 1.165) is 0 Å². The Morgan fingerprint density at radius 2 is 1.84 bits per heavy atom. The molecule has 0 bridgehead atoms. The van der Waals surface area contributed by atoms with E-state index in [1.165, 1.54) is 10.6 Å². The molecule has 1 aromatic heterocycles. The lowest BCUT2D eigenvalue weighted by Gasteiger charge is -2.26. The molecule has 4 rings (SSSR count). The minimum atomic E-state index is -0.881. The predicted molar refractivity (Wildman–Crippen MR) is 91.2 cm³/mol. The summed E-state index contributed by atoms with van der Waals surface area (Å²) in [5.41, 5.74) is 12.2. The molecule has 2 aliphatic rings. The van der Waals surface area contributed by atoms with Gasteiger partial charge in [-0.15, -0.1) is 0 Å². The number of likely N-dealkylation sites (tertiary alicyclic amines) is 1. The number of nitrogen functional groups attached to an aromatic ring is 1. The maximum atomic E-state index is 11.9. The highest BCUT2D eigenvalue weighted by molar-refractivity contribution is 5.75. The highest BCUT2D eigenvalue weighted by atomic mass is 16.4. The van der Waals surface area contributed by atoms with Gasteiger partial charge in [-0.25, -0.2) is 4.79 Å². The molecule has 5 N–H and O–H groups in total. The zero-order chi connectivity index (χ0) is 17.7. The lowest BCUT2D eigenvalue weighted by Crippen LogP contribution is -2.36. The molecule has 1 aliphatic heterocycles. The van der Waals surface area contributed by atoms with Crippen molar-refractivity contribution in [2.75, 3.05) is 18.8 Å². The van der Waals surface area contributed by atoms with Crippen LogP contribution < -0.4 is 17.2 Å². The van der Waals surface area contributed by atoms with Gasteiger partial charge in [0.2, 0.25) is 0 Å². The third-order valence-corrected chi connectivity index (χ3v) is 5.20. The van der Waals surface area contributed by atoms with Gasteiger partial charge in [0.15, 0.2) is 0 Å². The molecule has 0 amide bonds. The number of hydrogen-bond donors (Lipinski definition) is 3. The highest BCUT2D eigenvalue weighted by Gasteiger charge is 2.55. The summed E-state index contributed by atoms with van der Waals surface area (Å²) in [6.45, 7) is 1.43. The van der Waals surface area contributed by atoms with Gasteiger partial charge in [0.1, 0.15) is 11.9 Å². The summed E-state index contributed by atoms with van der Waals surface area (Å²) in [5.74, 6) is 0.115. The van der Waals surface area contributed by atoms with Crippen LogP contribution in [0.25, 0.3) is 5.69 Å². The number of nitrogens with two attached hydrogens (primary N) is 2. The molecule has 0 radical (unpaired) electrons. The number of piperidine rings is 1. The van der Waals surface area contributed by atoms with E-state index in [1.54, 1.807) is 30.5 Å². The summed E-state index contributed by atoms with van der Waals surface area (Å²) in [5, 5.41) is 9.66. The SMILES string of the molecule is Nc1ccn(-c2ccc(C(C(=O)O)N3CC4C(N)C4C3)cc2)c(=O)n1. The number of aliphatic carboxylic acids is 1. The van der Waals surface area contributed by atoms with E-state index in [2.05, 4.69) is 4.98 Å². The quantitative estimate of drug-likeness (QED) is 0.704. The zero-order valence-electron chi connectivity index (χ0n) is 13.4. The van der Waals surface area contributed by atoms with Gasteiger partial charge in [-0.1, -0.05) is 12.1 Å². The highest BCUT2D eigenvalue weighted by Crippen LogP contribution is 2.46. The maximum absolute atomic E-state index is 11.9. The molecule has 8 nitrogen and oxygen atoms in total. The lowest BCUT2D eigenvalue weighted by atomic mass is 10.0. The van der Waals surface area contributed by atoms with Crippen LogP contribution >= 0.6 is 0 Å². The molecule has 2 aromatic rings. The van der Waals surface area contributed by atoms with Gasteiger partial charge >= 0.3 is 11.7 Å². The second-order valence-electron chi connectivity index (χ2n) is 6.70. The fraction of sp³-hybridized carbons (Fsp3) is 0.353. The summed E-state index contributed by atoms with van der Waals surface area (Å²) in [6, 6.07) is 7.96. The Bertz CT molecular complexity index is 867. The first-order valence-corrected chi connectivity index (χ1v) is 8.13. The van der Waals surface area contributed by atoms with Crippen molar-refractivity contribution in [2.24, 2.45) is 17.6 Å². The van der Waals surface area contributed by atoms with Crippen LogP contribution in [0.1, 0.15) is 11.6 Å². The number of benzene rings is 1. The van der Waals surface area contributed by atoms with Crippen molar-refractivity contribution >= 4 is 11.8 Å². The van der Waals surface area contributed by atoms with Crippen molar-refractivity contribution < 1.29 is 9.90 Å². The fourth-order valence-electron chi connectivity index (χ4n) is 3.76. The molecule has 3 atom stereocenters. The molecular formula is C17H19N5O3. The van der Waals surface area contributed by atoms with Crippen molar-refractivity contribution in [1.29, 1.82) is 0 Å². The molecule has 0 spiro atoms. The average molecular weight is 341 g/mol. The normalized spacial score (nSPS) is 26.2. The van der Waals surface area contributed by atoms with E-state index < -0.39 is 17.7 Å². The molecule has 2 fully saturated rings. The number of anilines is 1. The third-order valence-electron chi connectivity index (χ3n) is 5.20. The summed E-state index contributed by atoms with van der Waals surface area (Å²) < 4.78 is 1.36. The van der Waals surface area contributed by atoms with E-state index in [9.17, 15) is 14.7 Å². The van der Waals surface area contributed by atoms with Crippen molar-refractivity contribution in [3.05, 3.63) is 52.6 Å². The molecule has 2 heterocycles. The van der Waals surface area contributed by atoms with Crippen molar-refractivity contribution in [2.45, 2.75) is 12.1 Å². The molecule has 1 aliphatic carbocycles. The molecule has 25 heavy (non-hydrogen) atoms. The van der Waals surface area contributed by atoms with Crippen LogP contribution in [-0.2, 0) is 4.79 Å². The number of aromatic nitrogens is 2. The van der Waals surface area contributed by atoms with Gasteiger partial charge in [-0.05, 0) is 35.6 Å². The Labute approximate surface area is 143 Å². The summed E-state index contributed by atoms with van der Waals surface area (Å²) >= 11 is 0. The largest absolute Gasteiger partial charge is 0.480 e. The Morgan fingerprint density at radius 3 is 2.40 bits per heavy atom. The van der Waals surface area contributed by atoms with E-state index in [0.29, 0.717) is 36.2 Å². The van der Waals surface area contributed by atoms with Crippen molar-refractivity contribution in [3.63, 3.8) is 0 Å². The van der Waals surface area contributed by atoms with Gasteiger partial charge in [0.05, 0.1) is 5.69 Å². The van der Waals surface area contributed by atoms with Gasteiger partial charge in [-0.2, -0.15) is 4.98 Å². The lowest BCUT2D eigenvalue weighted by molar-refractivity contribution is -0.143. The van der Waals surface area contributed by atoms with E-state index in [4.69, 9.17) is 11.5 Å². The fourth-order valence-corrected chi connectivity index (χ4v) is 3.76. The first-order valence-electron chi connectivity index (χ1n) is 8.13. The summed E-state index contributed by atoms with van der Waals surface area (Å²) in [6.07, 6.45) is 1.55. The smallest absolute Gasteiger partial charge is 0.354 e. The van der Waals surface area contributed by atoms with Crippen molar-refractivity contribution in [1.82, 2.24) is 14.5 Å². The van der Waals surface area contributed by atoms with Gasteiger partial charge in [0, 0.05) is 25.3 Å². The molecule has 8 heteroatoms. The second-order valence-corrected chi connectivity index (χ2v) is 6.70. The number of hydrogen-bond acceptors (Lipinski definition) is 6. The molecule has 1 saturated heterocycles. The predicted octanol–water partition coefficient (Wildman–Crippen LogP) is -0.171. The monoisotopic (exact) mass is 341 g/mol. The minimum Gasteiger partial charge on any atom is -0.480 e.